The van der Waals surface area contributed by atoms with Crippen molar-refractivity contribution in [2.75, 3.05) is 13.1 Å². The third-order valence-corrected chi connectivity index (χ3v) is 6.22. The van der Waals surface area contributed by atoms with E-state index in [1.165, 1.54) is 12.1 Å². The van der Waals surface area contributed by atoms with Crippen LogP contribution in [0.5, 0.6) is 0 Å². The molecule has 3 rings (SSSR count). The van der Waals surface area contributed by atoms with Gasteiger partial charge in [-0.25, -0.2) is 13.1 Å². The van der Waals surface area contributed by atoms with E-state index in [2.05, 4.69) is 22.3 Å². The lowest BCUT2D eigenvalue weighted by atomic mass is 9.95. The SMILES string of the molecule is CC1CNCCC1NC(=O)c1cccc(S(=O)(=O)NCc2ccccc2)c1.Cl. The molecule has 2 aromatic rings. The third-order valence-electron chi connectivity index (χ3n) is 4.82. The molecule has 0 spiro atoms. The minimum absolute atomic E-state index is 0. The van der Waals surface area contributed by atoms with E-state index in [1.807, 2.05) is 30.3 Å². The second-order valence-corrected chi connectivity index (χ2v) is 8.65. The van der Waals surface area contributed by atoms with Gasteiger partial charge in [0.2, 0.25) is 10.0 Å². The van der Waals surface area contributed by atoms with Gasteiger partial charge in [0.15, 0.2) is 0 Å². The van der Waals surface area contributed by atoms with Crippen LogP contribution in [0.25, 0.3) is 0 Å². The molecule has 0 saturated carbocycles. The highest BCUT2D eigenvalue weighted by molar-refractivity contribution is 7.89. The van der Waals surface area contributed by atoms with E-state index in [0.717, 1.165) is 25.1 Å². The minimum Gasteiger partial charge on any atom is -0.349 e. The summed E-state index contributed by atoms with van der Waals surface area (Å²) in [6, 6.07) is 15.5. The largest absolute Gasteiger partial charge is 0.349 e. The van der Waals surface area contributed by atoms with Crippen LogP contribution >= 0.6 is 12.4 Å². The van der Waals surface area contributed by atoms with E-state index < -0.39 is 10.0 Å². The first-order chi connectivity index (χ1) is 13.0. The normalized spacial score (nSPS) is 19.5. The van der Waals surface area contributed by atoms with Crippen molar-refractivity contribution in [1.82, 2.24) is 15.4 Å². The van der Waals surface area contributed by atoms with Crippen LogP contribution in [0.3, 0.4) is 0 Å². The molecule has 1 heterocycles. The van der Waals surface area contributed by atoms with Crippen molar-refractivity contribution in [2.45, 2.75) is 30.8 Å². The van der Waals surface area contributed by atoms with Crippen LogP contribution in [-0.4, -0.2) is 33.5 Å². The van der Waals surface area contributed by atoms with Crippen molar-refractivity contribution >= 4 is 28.3 Å². The predicted octanol–water partition coefficient (Wildman–Crippen LogP) is 2.31. The molecule has 1 amide bonds. The zero-order chi connectivity index (χ0) is 19.3. The first-order valence-electron chi connectivity index (χ1n) is 9.11. The van der Waals surface area contributed by atoms with Gasteiger partial charge in [-0.1, -0.05) is 43.3 Å². The van der Waals surface area contributed by atoms with Gasteiger partial charge >= 0.3 is 0 Å². The Bertz CT molecular complexity index is 891. The number of piperidine rings is 1. The molecule has 0 radical (unpaired) electrons. The Morgan fingerprint density at radius 3 is 2.61 bits per heavy atom. The average Bonchev–Trinajstić information content (AvgIpc) is 2.69. The van der Waals surface area contributed by atoms with Gasteiger partial charge in [-0.15, -0.1) is 12.4 Å². The van der Waals surface area contributed by atoms with E-state index in [1.54, 1.807) is 12.1 Å². The van der Waals surface area contributed by atoms with Crippen molar-refractivity contribution in [3.8, 4) is 0 Å². The summed E-state index contributed by atoms with van der Waals surface area (Å²) in [5.41, 5.74) is 1.22. The minimum atomic E-state index is -3.70. The van der Waals surface area contributed by atoms with E-state index in [-0.39, 0.29) is 35.8 Å². The molecule has 0 aliphatic carbocycles. The van der Waals surface area contributed by atoms with Crippen LogP contribution in [0.15, 0.2) is 59.5 Å². The molecular weight excluding hydrogens is 398 g/mol. The summed E-state index contributed by atoms with van der Waals surface area (Å²) < 4.78 is 27.7. The standard InChI is InChI=1S/C20H25N3O3S.ClH/c1-15-13-21-11-10-19(15)23-20(24)17-8-5-9-18(12-17)27(25,26)22-14-16-6-3-2-4-7-16;/h2-9,12,15,19,21-22H,10-11,13-14H2,1H3,(H,23,24);1H. The number of carbonyl (C=O) groups is 1. The maximum atomic E-state index is 12.6. The highest BCUT2D eigenvalue weighted by Crippen LogP contribution is 2.15. The van der Waals surface area contributed by atoms with Crippen molar-refractivity contribution in [3.05, 3.63) is 65.7 Å². The van der Waals surface area contributed by atoms with Crippen molar-refractivity contribution in [3.63, 3.8) is 0 Å². The Labute approximate surface area is 172 Å². The number of hydrogen-bond acceptors (Lipinski definition) is 4. The van der Waals surface area contributed by atoms with Gasteiger partial charge < -0.3 is 10.6 Å². The summed E-state index contributed by atoms with van der Waals surface area (Å²) in [7, 11) is -3.70. The lowest BCUT2D eigenvalue weighted by Crippen LogP contribution is -2.48. The topological polar surface area (TPSA) is 87.3 Å². The molecule has 3 N–H and O–H groups in total. The zero-order valence-electron chi connectivity index (χ0n) is 15.7. The Balaban J connectivity index is 0.00000280. The maximum absolute atomic E-state index is 12.6. The van der Waals surface area contributed by atoms with Crippen LogP contribution in [0, 0.1) is 5.92 Å². The van der Waals surface area contributed by atoms with E-state index >= 15 is 0 Å². The number of carbonyl (C=O) groups excluding carboxylic acids is 1. The Hall–Kier alpha value is -1.93. The molecule has 1 aliphatic rings. The summed E-state index contributed by atoms with van der Waals surface area (Å²) in [6.45, 7) is 4.02. The lowest BCUT2D eigenvalue weighted by Gasteiger charge is -2.30. The summed E-state index contributed by atoms with van der Waals surface area (Å²) >= 11 is 0. The highest BCUT2D eigenvalue weighted by atomic mass is 35.5. The number of nitrogens with one attached hydrogen (secondary N) is 3. The average molecular weight is 424 g/mol. The van der Waals surface area contributed by atoms with E-state index in [9.17, 15) is 13.2 Å². The van der Waals surface area contributed by atoms with Crippen LogP contribution in [0.4, 0.5) is 0 Å². The number of benzene rings is 2. The quantitative estimate of drug-likeness (QED) is 0.665. The Morgan fingerprint density at radius 2 is 1.89 bits per heavy atom. The Kier molecular flexibility index (Phi) is 8.00. The van der Waals surface area contributed by atoms with Crippen LogP contribution in [-0.2, 0) is 16.6 Å². The number of hydrogen-bond donors (Lipinski definition) is 3. The van der Waals surface area contributed by atoms with Gasteiger partial charge in [-0.2, -0.15) is 0 Å². The highest BCUT2D eigenvalue weighted by Gasteiger charge is 2.23. The van der Waals surface area contributed by atoms with Gasteiger partial charge in [0, 0.05) is 18.2 Å². The number of sulfonamides is 1. The summed E-state index contributed by atoms with van der Waals surface area (Å²) in [4.78, 5) is 12.7. The van der Waals surface area contributed by atoms with Gasteiger partial charge in [0.1, 0.15) is 0 Å². The first-order valence-corrected chi connectivity index (χ1v) is 10.6. The summed E-state index contributed by atoms with van der Waals surface area (Å²) in [5, 5.41) is 6.32. The molecule has 2 unspecified atom stereocenters. The molecule has 152 valence electrons. The third kappa shape index (κ3) is 5.78. The van der Waals surface area contributed by atoms with Gasteiger partial charge in [-0.05, 0) is 49.2 Å². The summed E-state index contributed by atoms with van der Waals surface area (Å²) in [5.74, 6) is 0.0935. The zero-order valence-corrected chi connectivity index (χ0v) is 17.4. The molecule has 2 aromatic carbocycles. The predicted molar refractivity (Wildman–Crippen MR) is 112 cm³/mol. The monoisotopic (exact) mass is 423 g/mol. The molecule has 28 heavy (non-hydrogen) atoms. The number of rotatable bonds is 6. The fraction of sp³-hybridized carbons (Fsp3) is 0.350. The van der Waals surface area contributed by atoms with Gasteiger partial charge in [0.05, 0.1) is 4.90 Å². The molecule has 0 bridgehead atoms. The molecule has 2 atom stereocenters. The second-order valence-electron chi connectivity index (χ2n) is 6.89. The fourth-order valence-corrected chi connectivity index (χ4v) is 4.21. The van der Waals surface area contributed by atoms with Crippen molar-refractivity contribution in [2.24, 2.45) is 5.92 Å². The lowest BCUT2D eigenvalue weighted by molar-refractivity contribution is 0.0914. The molecule has 1 saturated heterocycles. The van der Waals surface area contributed by atoms with Crippen molar-refractivity contribution in [1.29, 1.82) is 0 Å². The van der Waals surface area contributed by atoms with Gasteiger partial charge in [0.25, 0.3) is 5.91 Å². The molecule has 1 fully saturated rings. The molecule has 8 heteroatoms. The van der Waals surface area contributed by atoms with E-state index in [4.69, 9.17) is 0 Å². The van der Waals surface area contributed by atoms with Crippen molar-refractivity contribution < 1.29 is 13.2 Å². The molecular formula is C20H26ClN3O3S. The van der Waals surface area contributed by atoms with Gasteiger partial charge in [-0.3, -0.25) is 4.79 Å². The number of halogens is 1. The Morgan fingerprint density at radius 1 is 1.14 bits per heavy atom. The number of amides is 1. The first kappa shape index (κ1) is 22.4. The summed E-state index contributed by atoms with van der Waals surface area (Å²) in [6.07, 6.45) is 0.865. The van der Waals surface area contributed by atoms with Crippen LogP contribution < -0.4 is 15.4 Å². The second kappa shape index (κ2) is 10.0. The molecule has 0 aromatic heterocycles. The smallest absolute Gasteiger partial charge is 0.251 e. The van der Waals surface area contributed by atoms with Crippen LogP contribution in [0.2, 0.25) is 0 Å². The fourth-order valence-electron chi connectivity index (χ4n) is 3.14. The molecule has 1 aliphatic heterocycles. The maximum Gasteiger partial charge on any atom is 0.251 e. The molecule has 6 nitrogen and oxygen atoms in total. The van der Waals surface area contributed by atoms with E-state index in [0.29, 0.717) is 11.5 Å². The van der Waals surface area contributed by atoms with Crippen LogP contribution in [0.1, 0.15) is 29.3 Å².